The first kappa shape index (κ1) is 13.2. The highest BCUT2D eigenvalue weighted by atomic mass is 16.4. The minimum atomic E-state index is -1.11. The summed E-state index contributed by atoms with van der Waals surface area (Å²) in [6, 6.07) is -0.272. The summed E-state index contributed by atoms with van der Waals surface area (Å²) in [4.78, 5) is 24.9. The van der Waals surface area contributed by atoms with E-state index in [1.807, 2.05) is 0 Å². The van der Waals surface area contributed by atoms with Crippen LogP contribution in [0.4, 0.5) is 4.79 Å². The van der Waals surface area contributed by atoms with Crippen LogP contribution in [0.5, 0.6) is 0 Å². The minimum absolute atomic E-state index is 0.0761. The molecule has 0 aromatic heterocycles. The van der Waals surface area contributed by atoms with Crippen LogP contribution in [-0.4, -0.2) is 41.1 Å². The highest BCUT2D eigenvalue weighted by molar-refractivity contribution is 5.86. The van der Waals surface area contributed by atoms with Gasteiger partial charge in [-0.1, -0.05) is 6.92 Å². The number of urea groups is 1. The number of carboxylic acids is 1. The Bertz CT molecular complexity index is 367. The molecule has 0 bridgehead atoms. The first-order valence-electron chi connectivity index (χ1n) is 6.61. The summed E-state index contributed by atoms with van der Waals surface area (Å²) in [6.45, 7) is 4.49. The molecule has 2 amide bonds. The molecule has 0 aromatic rings. The van der Waals surface area contributed by atoms with E-state index in [-0.39, 0.29) is 11.9 Å². The highest BCUT2D eigenvalue weighted by Gasteiger charge is 2.49. The molecule has 5 heteroatoms. The van der Waals surface area contributed by atoms with Crippen molar-refractivity contribution in [2.24, 2.45) is 17.8 Å². The molecule has 0 spiro atoms. The van der Waals surface area contributed by atoms with Crippen molar-refractivity contribution >= 4 is 12.0 Å². The third-order valence-electron chi connectivity index (χ3n) is 4.34. The van der Waals surface area contributed by atoms with Crippen molar-refractivity contribution in [3.8, 4) is 0 Å². The molecule has 18 heavy (non-hydrogen) atoms. The predicted molar refractivity (Wildman–Crippen MR) is 67.2 cm³/mol. The Morgan fingerprint density at radius 2 is 2.00 bits per heavy atom. The van der Waals surface area contributed by atoms with Crippen molar-refractivity contribution in [3.05, 3.63) is 0 Å². The van der Waals surface area contributed by atoms with Gasteiger partial charge in [0.05, 0.1) is 0 Å². The summed E-state index contributed by atoms with van der Waals surface area (Å²) in [5, 5.41) is 12.0. The summed E-state index contributed by atoms with van der Waals surface area (Å²) in [5.74, 6) is 0.408. The maximum atomic E-state index is 12.0. The first-order chi connectivity index (χ1) is 8.34. The average molecular weight is 254 g/mol. The predicted octanol–water partition coefficient (Wildman–Crippen LogP) is 1.54. The fraction of sp³-hybridized carbons (Fsp3) is 0.846. The number of hydrogen-bond donors (Lipinski definition) is 2. The zero-order chi connectivity index (χ0) is 13.5. The van der Waals surface area contributed by atoms with Crippen LogP contribution in [0.1, 0.15) is 33.1 Å². The quantitative estimate of drug-likeness (QED) is 0.781. The Balaban J connectivity index is 1.90. The van der Waals surface area contributed by atoms with E-state index in [1.165, 1.54) is 0 Å². The van der Waals surface area contributed by atoms with Crippen LogP contribution in [0.15, 0.2) is 0 Å². The van der Waals surface area contributed by atoms with Gasteiger partial charge in [0.1, 0.15) is 5.54 Å². The molecule has 0 heterocycles. The third-order valence-corrected chi connectivity index (χ3v) is 4.34. The molecule has 2 N–H and O–H groups in total. The molecule has 2 aliphatic carbocycles. The summed E-state index contributed by atoms with van der Waals surface area (Å²) < 4.78 is 0. The van der Waals surface area contributed by atoms with Crippen LogP contribution in [0.3, 0.4) is 0 Å². The van der Waals surface area contributed by atoms with E-state index in [0.717, 1.165) is 19.3 Å². The molecule has 2 rings (SSSR count). The van der Waals surface area contributed by atoms with Crippen molar-refractivity contribution in [1.29, 1.82) is 0 Å². The number of nitrogens with one attached hydrogen (secondary N) is 1. The zero-order valence-electron chi connectivity index (χ0n) is 11.3. The lowest BCUT2D eigenvalue weighted by Gasteiger charge is -2.29. The number of aliphatic carboxylic acids is 1. The Morgan fingerprint density at radius 3 is 2.39 bits per heavy atom. The molecule has 2 fully saturated rings. The highest BCUT2D eigenvalue weighted by Crippen LogP contribution is 2.40. The molecular weight excluding hydrogens is 232 g/mol. The molecule has 0 aliphatic heterocycles. The number of hydrogen-bond acceptors (Lipinski definition) is 2. The normalized spacial score (nSPS) is 29.3. The summed E-state index contributed by atoms with van der Waals surface area (Å²) >= 11 is 0. The van der Waals surface area contributed by atoms with Gasteiger partial charge in [0.15, 0.2) is 0 Å². The molecule has 3 unspecified atom stereocenters. The van der Waals surface area contributed by atoms with Gasteiger partial charge in [-0.05, 0) is 43.9 Å². The first-order valence-corrected chi connectivity index (χ1v) is 6.61. The summed E-state index contributed by atoms with van der Waals surface area (Å²) in [5.41, 5.74) is -1.11. The van der Waals surface area contributed by atoms with Gasteiger partial charge in [0.25, 0.3) is 0 Å². The van der Waals surface area contributed by atoms with Gasteiger partial charge in [-0.3, -0.25) is 0 Å². The Kier molecular flexibility index (Phi) is 3.25. The van der Waals surface area contributed by atoms with E-state index in [1.54, 1.807) is 18.9 Å². The molecule has 0 saturated heterocycles. The second-order valence-corrected chi connectivity index (χ2v) is 6.07. The smallest absolute Gasteiger partial charge is 0.329 e. The Labute approximate surface area is 108 Å². The SMILES string of the molecule is CC1CC1CN(C)C(=O)NC(C)(C(=O)O)C1CC1. The largest absolute Gasteiger partial charge is 0.480 e. The van der Waals surface area contributed by atoms with Crippen molar-refractivity contribution < 1.29 is 14.7 Å². The van der Waals surface area contributed by atoms with Crippen LogP contribution in [0.25, 0.3) is 0 Å². The maximum absolute atomic E-state index is 12.0. The standard InChI is InChI=1S/C13H22N2O3/c1-8-6-9(8)7-15(3)12(18)14-13(2,11(16)17)10-4-5-10/h8-10H,4-7H2,1-3H3,(H,14,18)(H,16,17). The molecular formula is C13H22N2O3. The third kappa shape index (κ3) is 2.60. The van der Waals surface area contributed by atoms with Crippen molar-refractivity contribution in [2.45, 2.75) is 38.6 Å². The number of rotatable bonds is 5. The molecule has 2 saturated carbocycles. The van der Waals surface area contributed by atoms with Gasteiger partial charge in [0, 0.05) is 13.6 Å². The van der Waals surface area contributed by atoms with Crippen LogP contribution in [-0.2, 0) is 4.79 Å². The van der Waals surface area contributed by atoms with Gasteiger partial charge < -0.3 is 15.3 Å². The summed E-state index contributed by atoms with van der Waals surface area (Å²) in [6.07, 6.45) is 2.93. The molecule has 5 nitrogen and oxygen atoms in total. The van der Waals surface area contributed by atoms with Crippen molar-refractivity contribution in [1.82, 2.24) is 10.2 Å². The van der Waals surface area contributed by atoms with Gasteiger partial charge in [-0.2, -0.15) is 0 Å². The number of carbonyl (C=O) groups excluding carboxylic acids is 1. The molecule has 102 valence electrons. The fourth-order valence-corrected chi connectivity index (χ4v) is 2.40. The van der Waals surface area contributed by atoms with Crippen LogP contribution in [0.2, 0.25) is 0 Å². The van der Waals surface area contributed by atoms with E-state index in [4.69, 9.17) is 0 Å². The van der Waals surface area contributed by atoms with Crippen LogP contribution in [0, 0.1) is 17.8 Å². The van der Waals surface area contributed by atoms with Gasteiger partial charge in [0.2, 0.25) is 0 Å². The molecule has 0 radical (unpaired) electrons. The van der Waals surface area contributed by atoms with Crippen molar-refractivity contribution in [2.75, 3.05) is 13.6 Å². The Hall–Kier alpha value is -1.26. The lowest BCUT2D eigenvalue weighted by Crippen LogP contribution is -2.57. The zero-order valence-corrected chi connectivity index (χ0v) is 11.3. The average Bonchev–Trinajstić information content (AvgIpc) is 3.15. The Morgan fingerprint density at radius 1 is 1.44 bits per heavy atom. The number of amides is 2. The van der Waals surface area contributed by atoms with Gasteiger partial charge >= 0.3 is 12.0 Å². The van der Waals surface area contributed by atoms with Crippen molar-refractivity contribution in [3.63, 3.8) is 0 Å². The van der Waals surface area contributed by atoms with E-state index in [0.29, 0.717) is 18.4 Å². The van der Waals surface area contributed by atoms with Crippen LogP contribution < -0.4 is 5.32 Å². The number of carbonyl (C=O) groups is 2. The van der Waals surface area contributed by atoms with E-state index >= 15 is 0 Å². The fourth-order valence-electron chi connectivity index (χ4n) is 2.40. The second-order valence-electron chi connectivity index (χ2n) is 6.07. The number of nitrogens with zero attached hydrogens (tertiary/aromatic N) is 1. The molecule has 2 aliphatic rings. The minimum Gasteiger partial charge on any atom is -0.480 e. The second kappa shape index (κ2) is 4.44. The lowest BCUT2D eigenvalue weighted by molar-refractivity contribution is -0.144. The number of carboxylic acid groups (broad SMARTS) is 1. The van der Waals surface area contributed by atoms with Gasteiger partial charge in [-0.15, -0.1) is 0 Å². The van der Waals surface area contributed by atoms with Crippen LogP contribution >= 0.6 is 0 Å². The van der Waals surface area contributed by atoms with E-state index in [9.17, 15) is 14.7 Å². The monoisotopic (exact) mass is 254 g/mol. The van der Waals surface area contributed by atoms with Gasteiger partial charge in [-0.25, -0.2) is 9.59 Å². The van der Waals surface area contributed by atoms with E-state index in [2.05, 4.69) is 12.2 Å². The summed E-state index contributed by atoms with van der Waals surface area (Å²) in [7, 11) is 1.73. The topological polar surface area (TPSA) is 69.6 Å². The van der Waals surface area contributed by atoms with E-state index < -0.39 is 11.5 Å². The lowest BCUT2D eigenvalue weighted by atomic mass is 9.96. The molecule has 0 aromatic carbocycles. The maximum Gasteiger partial charge on any atom is 0.329 e. The molecule has 3 atom stereocenters.